The van der Waals surface area contributed by atoms with E-state index in [0.717, 1.165) is 30.7 Å². The molecule has 0 radical (unpaired) electrons. The quantitative estimate of drug-likeness (QED) is 0.859. The summed E-state index contributed by atoms with van der Waals surface area (Å²) in [6.07, 6.45) is 1.87. The van der Waals surface area contributed by atoms with Crippen molar-refractivity contribution < 1.29 is 9.52 Å². The van der Waals surface area contributed by atoms with Gasteiger partial charge >= 0.3 is 5.95 Å². The van der Waals surface area contributed by atoms with Crippen molar-refractivity contribution in [2.45, 2.75) is 12.8 Å². The van der Waals surface area contributed by atoms with Crippen LogP contribution in [0, 0.1) is 0 Å². The molecule has 4 nitrogen and oxygen atoms in total. The molecular weight excluding hydrogens is 216 g/mol. The molecule has 0 amide bonds. The van der Waals surface area contributed by atoms with Crippen LogP contribution in [-0.4, -0.2) is 22.3 Å². The minimum atomic E-state index is -0.135. The van der Waals surface area contributed by atoms with Crippen molar-refractivity contribution in [1.29, 1.82) is 0 Å². The molecule has 4 heteroatoms. The fourth-order valence-corrected chi connectivity index (χ4v) is 1.94. The smallest absolute Gasteiger partial charge is 0.312 e. The van der Waals surface area contributed by atoms with Crippen LogP contribution in [0.5, 0.6) is 5.95 Å². The van der Waals surface area contributed by atoms with E-state index in [1.165, 1.54) is 0 Å². The molecular formula is C13H12N2O2. The molecule has 2 aromatic rings. The topological polar surface area (TPSA) is 58.6 Å². The summed E-state index contributed by atoms with van der Waals surface area (Å²) < 4.78 is 5.28. The molecule has 1 aromatic carbocycles. The summed E-state index contributed by atoms with van der Waals surface area (Å²) >= 11 is 0. The van der Waals surface area contributed by atoms with E-state index in [2.05, 4.69) is 9.98 Å². The van der Waals surface area contributed by atoms with Crippen LogP contribution in [0.3, 0.4) is 0 Å². The van der Waals surface area contributed by atoms with Gasteiger partial charge in [-0.2, -0.15) is 0 Å². The van der Waals surface area contributed by atoms with Gasteiger partial charge in [0.2, 0.25) is 5.89 Å². The summed E-state index contributed by atoms with van der Waals surface area (Å²) in [5, 5.41) is 9.74. The van der Waals surface area contributed by atoms with Crippen molar-refractivity contribution in [3.8, 4) is 17.4 Å². The third-order valence-corrected chi connectivity index (χ3v) is 2.78. The lowest BCUT2D eigenvalue weighted by molar-refractivity contribution is 0.336. The number of aromatic hydroxyl groups is 1. The normalized spacial score (nSPS) is 14.9. The number of oxazole rings is 1. The summed E-state index contributed by atoms with van der Waals surface area (Å²) in [6.45, 7) is 0.808. The van der Waals surface area contributed by atoms with E-state index in [-0.39, 0.29) is 5.95 Å². The molecule has 0 aliphatic carbocycles. The van der Waals surface area contributed by atoms with Crippen LogP contribution in [0.1, 0.15) is 18.5 Å². The molecule has 0 atom stereocenters. The van der Waals surface area contributed by atoms with Gasteiger partial charge in [-0.25, -0.2) is 4.98 Å². The van der Waals surface area contributed by atoms with Crippen LogP contribution in [0.15, 0.2) is 39.7 Å². The van der Waals surface area contributed by atoms with Gasteiger partial charge in [0.15, 0.2) is 5.69 Å². The van der Waals surface area contributed by atoms with Crippen molar-refractivity contribution in [3.05, 3.63) is 36.0 Å². The van der Waals surface area contributed by atoms with Crippen LogP contribution in [-0.2, 0) is 0 Å². The van der Waals surface area contributed by atoms with Crippen LogP contribution in [0.25, 0.3) is 11.5 Å². The minimum absolute atomic E-state index is 0.135. The molecule has 0 saturated carbocycles. The molecule has 1 aliphatic rings. The highest BCUT2D eigenvalue weighted by Crippen LogP contribution is 2.28. The number of hydrogen-bond acceptors (Lipinski definition) is 4. The Balaban J connectivity index is 2.01. The maximum atomic E-state index is 9.74. The number of hydrogen-bond donors (Lipinski definition) is 1. The van der Waals surface area contributed by atoms with Crippen LogP contribution < -0.4 is 0 Å². The zero-order chi connectivity index (χ0) is 11.7. The van der Waals surface area contributed by atoms with Gasteiger partial charge in [0.05, 0.1) is 5.71 Å². The molecule has 2 heterocycles. The highest BCUT2D eigenvalue weighted by atomic mass is 16.5. The fraction of sp³-hybridized carbons (Fsp3) is 0.231. The number of aromatic nitrogens is 1. The molecule has 1 aliphatic heterocycles. The first-order valence-corrected chi connectivity index (χ1v) is 5.63. The van der Waals surface area contributed by atoms with E-state index in [0.29, 0.717) is 11.6 Å². The average molecular weight is 228 g/mol. The minimum Gasteiger partial charge on any atom is -0.479 e. The number of rotatable bonds is 2. The SMILES string of the molecule is Oc1oc(-c2ccccc2)nc1C1=NCCC1. The average Bonchev–Trinajstić information content (AvgIpc) is 2.99. The largest absolute Gasteiger partial charge is 0.479 e. The second kappa shape index (κ2) is 4.05. The van der Waals surface area contributed by atoms with Gasteiger partial charge in [-0.05, 0) is 25.0 Å². The Hall–Kier alpha value is -2.10. The molecule has 17 heavy (non-hydrogen) atoms. The van der Waals surface area contributed by atoms with Crippen LogP contribution in [0.2, 0.25) is 0 Å². The maximum absolute atomic E-state index is 9.74. The maximum Gasteiger partial charge on any atom is 0.312 e. The fourth-order valence-electron chi connectivity index (χ4n) is 1.94. The van der Waals surface area contributed by atoms with E-state index in [1.807, 2.05) is 30.3 Å². The second-order valence-corrected chi connectivity index (χ2v) is 3.97. The molecule has 1 N–H and O–H groups in total. The van der Waals surface area contributed by atoms with Gasteiger partial charge in [-0.3, -0.25) is 4.99 Å². The zero-order valence-corrected chi connectivity index (χ0v) is 9.26. The molecule has 3 rings (SSSR count). The van der Waals surface area contributed by atoms with E-state index in [9.17, 15) is 5.11 Å². The van der Waals surface area contributed by atoms with E-state index < -0.39 is 0 Å². The lowest BCUT2D eigenvalue weighted by Gasteiger charge is -1.92. The summed E-state index contributed by atoms with van der Waals surface area (Å²) in [4.78, 5) is 8.62. The zero-order valence-electron chi connectivity index (χ0n) is 9.26. The molecule has 0 bridgehead atoms. The number of benzene rings is 1. The van der Waals surface area contributed by atoms with E-state index in [1.54, 1.807) is 0 Å². The van der Waals surface area contributed by atoms with Crippen LogP contribution >= 0.6 is 0 Å². The molecule has 0 saturated heterocycles. The van der Waals surface area contributed by atoms with E-state index >= 15 is 0 Å². The summed E-state index contributed by atoms with van der Waals surface area (Å²) in [7, 11) is 0. The summed E-state index contributed by atoms with van der Waals surface area (Å²) in [6, 6.07) is 9.53. The number of aliphatic imine (C=N–C) groups is 1. The second-order valence-electron chi connectivity index (χ2n) is 3.97. The van der Waals surface area contributed by atoms with Gasteiger partial charge < -0.3 is 9.52 Å². The first-order valence-electron chi connectivity index (χ1n) is 5.63. The van der Waals surface area contributed by atoms with Crippen molar-refractivity contribution in [1.82, 2.24) is 4.98 Å². The first-order chi connectivity index (χ1) is 8.34. The summed E-state index contributed by atoms with van der Waals surface area (Å²) in [5.41, 5.74) is 2.18. The Labute approximate surface area is 98.6 Å². The Bertz CT molecular complexity index is 558. The molecule has 0 spiro atoms. The van der Waals surface area contributed by atoms with Gasteiger partial charge in [-0.15, -0.1) is 0 Å². The lowest BCUT2D eigenvalue weighted by atomic mass is 10.2. The van der Waals surface area contributed by atoms with Gasteiger partial charge in [0.1, 0.15) is 0 Å². The van der Waals surface area contributed by atoms with Gasteiger partial charge in [0.25, 0.3) is 0 Å². The Kier molecular flexibility index (Phi) is 2.40. The van der Waals surface area contributed by atoms with Crippen molar-refractivity contribution in [2.24, 2.45) is 4.99 Å². The Morgan fingerprint density at radius 1 is 1.18 bits per heavy atom. The highest BCUT2D eigenvalue weighted by Gasteiger charge is 2.20. The molecule has 0 unspecified atom stereocenters. The van der Waals surface area contributed by atoms with Gasteiger partial charge in [0, 0.05) is 12.1 Å². The predicted octanol–water partition coefficient (Wildman–Crippen LogP) is 2.63. The lowest BCUT2D eigenvalue weighted by Crippen LogP contribution is -1.96. The first kappa shape index (κ1) is 10.1. The number of nitrogens with zero attached hydrogens (tertiary/aromatic N) is 2. The Morgan fingerprint density at radius 3 is 2.71 bits per heavy atom. The third kappa shape index (κ3) is 1.82. The standard InChI is InChI=1S/C13H12N2O2/c16-13-11(10-7-4-8-14-10)15-12(17-13)9-5-2-1-3-6-9/h1-3,5-6,16H,4,7-8H2. The third-order valence-electron chi connectivity index (χ3n) is 2.78. The molecule has 1 aromatic heterocycles. The van der Waals surface area contributed by atoms with Crippen molar-refractivity contribution >= 4 is 5.71 Å². The van der Waals surface area contributed by atoms with Crippen molar-refractivity contribution in [3.63, 3.8) is 0 Å². The van der Waals surface area contributed by atoms with Gasteiger partial charge in [-0.1, -0.05) is 18.2 Å². The Morgan fingerprint density at radius 2 is 2.00 bits per heavy atom. The van der Waals surface area contributed by atoms with E-state index in [4.69, 9.17) is 4.42 Å². The molecule has 86 valence electrons. The van der Waals surface area contributed by atoms with Crippen LogP contribution in [0.4, 0.5) is 0 Å². The predicted molar refractivity (Wildman–Crippen MR) is 64.2 cm³/mol. The molecule has 0 fully saturated rings. The summed E-state index contributed by atoms with van der Waals surface area (Å²) in [5.74, 6) is 0.303. The van der Waals surface area contributed by atoms with Crippen molar-refractivity contribution in [2.75, 3.05) is 6.54 Å². The monoisotopic (exact) mass is 228 g/mol. The highest BCUT2D eigenvalue weighted by molar-refractivity contribution is 6.01.